The number of benzene rings is 1. The van der Waals surface area contributed by atoms with E-state index in [9.17, 15) is 17.2 Å². The van der Waals surface area contributed by atoms with Crippen molar-refractivity contribution in [1.82, 2.24) is 4.31 Å². The van der Waals surface area contributed by atoms with Gasteiger partial charge in [-0.1, -0.05) is 0 Å². The van der Waals surface area contributed by atoms with E-state index in [0.717, 1.165) is 24.6 Å². The maximum Gasteiger partial charge on any atom is 0.214 e. The van der Waals surface area contributed by atoms with E-state index in [1.54, 1.807) is 6.92 Å². The minimum Gasteiger partial charge on any atom is -0.212 e. The number of nitrogens with zero attached hydrogens (tertiary/aromatic N) is 1. The van der Waals surface area contributed by atoms with Crippen molar-refractivity contribution in [3.8, 4) is 0 Å². The van der Waals surface area contributed by atoms with Crippen LogP contribution in [0.4, 0.5) is 8.78 Å². The van der Waals surface area contributed by atoms with Gasteiger partial charge in [0.05, 0.1) is 5.75 Å². The molecule has 0 aliphatic carbocycles. The van der Waals surface area contributed by atoms with Crippen molar-refractivity contribution in [2.24, 2.45) is 0 Å². The van der Waals surface area contributed by atoms with Crippen LogP contribution in [0.2, 0.25) is 0 Å². The van der Waals surface area contributed by atoms with Crippen LogP contribution in [-0.2, 0) is 16.6 Å². The van der Waals surface area contributed by atoms with Crippen molar-refractivity contribution in [1.29, 1.82) is 0 Å². The van der Waals surface area contributed by atoms with Gasteiger partial charge in [0.15, 0.2) is 0 Å². The molecule has 0 radical (unpaired) electrons. The first-order valence-electron chi connectivity index (χ1n) is 5.83. The summed E-state index contributed by atoms with van der Waals surface area (Å²) in [6.07, 6.45) is 1.36. The predicted molar refractivity (Wildman–Crippen MR) is 64.4 cm³/mol. The molecule has 1 heterocycles. The second kappa shape index (κ2) is 4.93. The van der Waals surface area contributed by atoms with Gasteiger partial charge in [0.2, 0.25) is 10.0 Å². The summed E-state index contributed by atoms with van der Waals surface area (Å²) in [7, 11) is -3.36. The second-order valence-electron chi connectivity index (χ2n) is 4.59. The maximum absolute atomic E-state index is 13.5. The molecule has 0 aromatic heterocycles. The highest BCUT2D eigenvalue weighted by atomic mass is 32.2. The zero-order valence-electron chi connectivity index (χ0n) is 10.1. The third kappa shape index (κ3) is 2.70. The number of sulfonamides is 1. The molecule has 6 heteroatoms. The molecule has 1 aromatic carbocycles. The standard InChI is InChI=1S/C12H15F2NO2S/c1-9-3-2-6-18(16,17)15(9)8-10-7-11(13)4-5-12(10)14/h4-5,7,9H,2-3,6,8H2,1H3/t9-/m0/s1. The van der Waals surface area contributed by atoms with Gasteiger partial charge in [-0.3, -0.25) is 0 Å². The third-order valence-electron chi connectivity index (χ3n) is 3.21. The van der Waals surface area contributed by atoms with Crippen molar-refractivity contribution in [2.45, 2.75) is 32.4 Å². The lowest BCUT2D eigenvalue weighted by atomic mass is 10.1. The minimum absolute atomic E-state index is 0.0762. The van der Waals surface area contributed by atoms with Gasteiger partial charge in [-0.25, -0.2) is 17.2 Å². The van der Waals surface area contributed by atoms with Gasteiger partial charge in [0.1, 0.15) is 11.6 Å². The van der Waals surface area contributed by atoms with Gasteiger partial charge in [-0.2, -0.15) is 4.31 Å². The van der Waals surface area contributed by atoms with E-state index in [2.05, 4.69) is 0 Å². The molecule has 1 aliphatic rings. The Morgan fingerprint density at radius 2 is 2.11 bits per heavy atom. The van der Waals surface area contributed by atoms with E-state index >= 15 is 0 Å². The summed E-state index contributed by atoms with van der Waals surface area (Å²) in [5, 5.41) is 0. The molecule has 3 nitrogen and oxygen atoms in total. The van der Waals surface area contributed by atoms with E-state index in [-0.39, 0.29) is 23.9 Å². The van der Waals surface area contributed by atoms with Gasteiger partial charge >= 0.3 is 0 Å². The Morgan fingerprint density at radius 3 is 2.78 bits per heavy atom. The molecule has 1 aliphatic heterocycles. The SMILES string of the molecule is C[C@H]1CCCS(=O)(=O)N1Cc1cc(F)ccc1F. The summed E-state index contributed by atoms with van der Waals surface area (Å²) in [5.74, 6) is -1.06. The lowest BCUT2D eigenvalue weighted by Crippen LogP contribution is -2.43. The van der Waals surface area contributed by atoms with Crippen LogP contribution in [0, 0.1) is 11.6 Å². The Morgan fingerprint density at radius 1 is 1.39 bits per heavy atom. The van der Waals surface area contributed by atoms with Crippen LogP contribution in [0.5, 0.6) is 0 Å². The van der Waals surface area contributed by atoms with Crippen molar-refractivity contribution in [2.75, 3.05) is 5.75 Å². The molecule has 0 amide bonds. The predicted octanol–water partition coefficient (Wildman–Crippen LogP) is 2.28. The van der Waals surface area contributed by atoms with Crippen LogP contribution in [-0.4, -0.2) is 24.5 Å². The van der Waals surface area contributed by atoms with E-state index in [1.807, 2.05) is 0 Å². The van der Waals surface area contributed by atoms with Gasteiger partial charge in [0, 0.05) is 18.2 Å². The van der Waals surface area contributed by atoms with E-state index in [0.29, 0.717) is 6.42 Å². The number of hydrogen-bond donors (Lipinski definition) is 0. The van der Waals surface area contributed by atoms with E-state index in [1.165, 1.54) is 4.31 Å². The molecule has 18 heavy (non-hydrogen) atoms. The Labute approximate surface area is 105 Å². The normalized spacial score (nSPS) is 24.1. The Hall–Kier alpha value is -1.01. The molecular formula is C12H15F2NO2S. The summed E-state index contributed by atoms with van der Waals surface area (Å²) in [5.41, 5.74) is 0.0762. The van der Waals surface area contributed by atoms with E-state index in [4.69, 9.17) is 0 Å². The Bertz CT molecular complexity index is 545. The quantitative estimate of drug-likeness (QED) is 0.830. The molecule has 0 N–H and O–H groups in total. The summed E-state index contributed by atoms with van der Waals surface area (Å²) < 4.78 is 51.6. The second-order valence-corrected chi connectivity index (χ2v) is 6.63. The zero-order valence-corrected chi connectivity index (χ0v) is 10.9. The molecule has 1 atom stereocenters. The highest BCUT2D eigenvalue weighted by Crippen LogP contribution is 2.24. The highest BCUT2D eigenvalue weighted by molar-refractivity contribution is 7.89. The lowest BCUT2D eigenvalue weighted by Gasteiger charge is -2.32. The summed E-state index contributed by atoms with van der Waals surface area (Å²) in [6.45, 7) is 1.68. The maximum atomic E-state index is 13.5. The largest absolute Gasteiger partial charge is 0.214 e. The summed E-state index contributed by atoms with van der Waals surface area (Å²) >= 11 is 0. The molecule has 1 saturated heterocycles. The number of hydrogen-bond acceptors (Lipinski definition) is 2. The molecule has 1 fully saturated rings. The lowest BCUT2D eigenvalue weighted by molar-refractivity contribution is 0.293. The van der Waals surface area contributed by atoms with Crippen LogP contribution >= 0.6 is 0 Å². The molecule has 1 aromatic rings. The fraction of sp³-hybridized carbons (Fsp3) is 0.500. The van der Waals surface area contributed by atoms with E-state index < -0.39 is 21.7 Å². The topological polar surface area (TPSA) is 37.4 Å². The Balaban J connectivity index is 2.29. The van der Waals surface area contributed by atoms with Crippen molar-refractivity contribution < 1.29 is 17.2 Å². The fourth-order valence-electron chi connectivity index (χ4n) is 2.18. The first-order valence-corrected chi connectivity index (χ1v) is 7.44. The number of halogens is 2. The number of rotatable bonds is 2. The molecule has 0 saturated carbocycles. The van der Waals surface area contributed by atoms with Crippen LogP contribution in [0.1, 0.15) is 25.3 Å². The van der Waals surface area contributed by atoms with Crippen LogP contribution in [0.25, 0.3) is 0 Å². The zero-order chi connectivity index (χ0) is 13.3. The summed E-state index contributed by atoms with van der Waals surface area (Å²) in [4.78, 5) is 0. The Kier molecular flexibility index (Phi) is 3.68. The first kappa shape index (κ1) is 13.4. The molecule has 100 valence electrons. The monoisotopic (exact) mass is 275 g/mol. The van der Waals surface area contributed by atoms with Crippen molar-refractivity contribution in [3.05, 3.63) is 35.4 Å². The first-order chi connectivity index (χ1) is 8.40. The van der Waals surface area contributed by atoms with Crippen LogP contribution < -0.4 is 0 Å². The van der Waals surface area contributed by atoms with Gasteiger partial charge < -0.3 is 0 Å². The van der Waals surface area contributed by atoms with Crippen molar-refractivity contribution in [3.63, 3.8) is 0 Å². The molecule has 0 spiro atoms. The third-order valence-corrected chi connectivity index (χ3v) is 5.22. The average Bonchev–Trinajstić information content (AvgIpc) is 2.28. The molecular weight excluding hydrogens is 260 g/mol. The fourth-order valence-corrected chi connectivity index (χ4v) is 3.94. The molecule has 0 unspecified atom stereocenters. The van der Waals surface area contributed by atoms with Gasteiger partial charge in [0.25, 0.3) is 0 Å². The summed E-state index contributed by atoms with van der Waals surface area (Å²) in [6, 6.07) is 2.91. The van der Waals surface area contributed by atoms with Gasteiger partial charge in [-0.15, -0.1) is 0 Å². The molecule has 2 rings (SSSR count). The highest BCUT2D eigenvalue weighted by Gasteiger charge is 2.31. The van der Waals surface area contributed by atoms with Crippen LogP contribution in [0.3, 0.4) is 0 Å². The molecule has 0 bridgehead atoms. The van der Waals surface area contributed by atoms with Crippen molar-refractivity contribution >= 4 is 10.0 Å². The van der Waals surface area contributed by atoms with Crippen LogP contribution in [0.15, 0.2) is 18.2 Å². The van der Waals surface area contributed by atoms with Gasteiger partial charge in [-0.05, 0) is 38.0 Å². The minimum atomic E-state index is -3.36. The average molecular weight is 275 g/mol. The smallest absolute Gasteiger partial charge is 0.212 e.